The van der Waals surface area contributed by atoms with Crippen molar-refractivity contribution in [3.8, 4) is 0 Å². The highest BCUT2D eigenvalue weighted by atomic mass is 19.1. The molecule has 1 heterocycles. The first kappa shape index (κ1) is 14.2. The molecule has 20 heavy (non-hydrogen) atoms. The summed E-state index contributed by atoms with van der Waals surface area (Å²) < 4.78 is 14.0. The molecule has 0 spiro atoms. The maximum atomic E-state index is 14.0. The highest BCUT2D eigenvalue weighted by Gasteiger charge is 2.35. The molecule has 4 nitrogen and oxygen atoms in total. The van der Waals surface area contributed by atoms with Crippen molar-refractivity contribution in [2.75, 3.05) is 18.5 Å². The number of hydrogen-bond acceptors (Lipinski definition) is 2. The minimum Gasteiger partial charge on any atom is -0.356 e. The van der Waals surface area contributed by atoms with Crippen LogP contribution in [0.3, 0.4) is 0 Å². The van der Waals surface area contributed by atoms with E-state index in [1.165, 1.54) is 30.2 Å². The molecule has 0 atom stereocenters. The molecule has 106 valence electrons. The van der Waals surface area contributed by atoms with Crippen molar-refractivity contribution in [2.45, 2.75) is 13.8 Å². The molecule has 0 aromatic heterocycles. The van der Waals surface area contributed by atoms with Crippen LogP contribution >= 0.6 is 0 Å². The molecule has 1 aromatic rings. The van der Waals surface area contributed by atoms with Crippen molar-refractivity contribution in [3.05, 3.63) is 35.7 Å². The fraction of sp³-hybridized carbons (Fsp3) is 0.333. The minimum absolute atomic E-state index is 0.200. The molecule has 2 amide bonds. The Labute approximate surface area is 117 Å². The van der Waals surface area contributed by atoms with Crippen LogP contribution in [0.25, 0.3) is 5.57 Å². The molecule has 0 radical (unpaired) electrons. The molecule has 0 saturated carbocycles. The Morgan fingerprint density at radius 2 is 2.15 bits per heavy atom. The molecular formula is C15H17FN2O2. The summed E-state index contributed by atoms with van der Waals surface area (Å²) in [5.41, 5.74) is 0.972. The van der Waals surface area contributed by atoms with Gasteiger partial charge in [0.1, 0.15) is 5.82 Å². The second-order valence-corrected chi connectivity index (χ2v) is 5.12. The third-order valence-electron chi connectivity index (χ3n) is 3.09. The molecule has 5 heteroatoms. The summed E-state index contributed by atoms with van der Waals surface area (Å²) in [6, 6.07) is 4.52. The van der Waals surface area contributed by atoms with Gasteiger partial charge in [-0.1, -0.05) is 26.0 Å². The van der Waals surface area contributed by atoms with Crippen molar-refractivity contribution in [2.24, 2.45) is 5.92 Å². The van der Waals surface area contributed by atoms with E-state index >= 15 is 0 Å². The summed E-state index contributed by atoms with van der Waals surface area (Å²) in [6.45, 7) is 4.32. The number of hydrogen-bond donors (Lipinski definition) is 1. The van der Waals surface area contributed by atoms with Crippen LogP contribution in [0, 0.1) is 11.7 Å². The predicted octanol–water partition coefficient (Wildman–Crippen LogP) is 1.96. The number of benzene rings is 1. The lowest BCUT2D eigenvalue weighted by atomic mass is 10.1. The van der Waals surface area contributed by atoms with E-state index in [1.54, 1.807) is 6.07 Å². The summed E-state index contributed by atoms with van der Waals surface area (Å²) in [7, 11) is 1.48. The summed E-state index contributed by atoms with van der Waals surface area (Å²) in [5, 5.41) is 2.43. The quantitative estimate of drug-likeness (QED) is 0.858. The van der Waals surface area contributed by atoms with E-state index in [9.17, 15) is 14.0 Å². The van der Waals surface area contributed by atoms with Gasteiger partial charge in [-0.2, -0.15) is 0 Å². The Morgan fingerprint density at radius 1 is 1.45 bits per heavy atom. The van der Waals surface area contributed by atoms with E-state index in [4.69, 9.17) is 0 Å². The number of carbonyl (C=O) groups excluding carboxylic acids is 2. The summed E-state index contributed by atoms with van der Waals surface area (Å²) >= 11 is 0. The van der Waals surface area contributed by atoms with Crippen molar-refractivity contribution < 1.29 is 14.0 Å². The number of anilines is 1. The van der Waals surface area contributed by atoms with E-state index in [0.29, 0.717) is 12.1 Å². The van der Waals surface area contributed by atoms with Crippen LogP contribution in [0.15, 0.2) is 24.3 Å². The van der Waals surface area contributed by atoms with Crippen LogP contribution in [-0.2, 0) is 9.59 Å². The maximum absolute atomic E-state index is 14.0. The standard InChI is InChI=1S/C15H17FN2O2/c1-9(2)8-18-14-10(5-4-6-12(14)16)11(15(18)20)7-13(19)17-3/h4-7,9H,8H2,1-3H3,(H,17,19)/b11-7+. The minimum atomic E-state index is -0.447. The topological polar surface area (TPSA) is 49.4 Å². The number of para-hydroxylation sites is 1. The summed E-state index contributed by atoms with van der Waals surface area (Å²) in [6.07, 6.45) is 1.22. The molecule has 0 fully saturated rings. The Bertz CT molecular complexity index is 594. The number of likely N-dealkylation sites (N-methyl/N-ethyl adjacent to an activating group) is 1. The number of rotatable bonds is 3. The van der Waals surface area contributed by atoms with Gasteiger partial charge in [0.25, 0.3) is 5.91 Å². The highest BCUT2D eigenvalue weighted by molar-refractivity contribution is 6.34. The van der Waals surface area contributed by atoms with Crippen LogP contribution in [-0.4, -0.2) is 25.4 Å². The molecule has 0 bridgehead atoms. The lowest BCUT2D eigenvalue weighted by molar-refractivity contribution is -0.117. The van der Waals surface area contributed by atoms with Gasteiger partial charge in [-0.25, -0.2) is 4.39 Å². The zero-order valence-electron chi connectivity index (χ0n) is 11.7. The lowest BCUT2D eigenvalue weighted by Gasteiger charge is -2.19. The molecule has 0 saturated heterocycles. The normalized spacial score (nSPS) is 15.9. The molecular weight excluding hydrogens is 259 g/mol. The second kappa shape index (κ2) is 5.45. The van der Waals surface area contributed by atoms with E-state index in [-0.39, 0.29) is 29.0 Å². The summed E-state index contributed by atoms with van der Waals surface area (Å²) in [4.78, 5) is 25.3. The lowest BCUT2D eigenvalue weighted by Crippen LogP contribution is -2.31. The Balaban J connectivity index is 2.55. The second-order valence-electron chi connectivity index (χ2n) is 5.12. The molecule has 1 aliphatic rings. The first-order valence-corrected chi connectivity index (χ1v) is 6.49. The fourth-order valence-electron chi connectivity index (χ4n) is 2.25. The van der Waals surface area contributed by atoms with E-state index in [2.05, 4.69) is 5.32 Å². The average Bonchev–Trinajstić information content (AvgIpc) is 2.65. The Hall–Kier alpha value is -2.17. The van der Waals surface area contributed by atoms with Gasteiger partial charge in [0.05, 0.1) is 11.3 Å². The van der Waals surface area contributed by atoms with Crippen molar-refractivity contribution in [1.29, 1.82) is 0 Å². The molecule has 1 aliphatic heterocycles. The average molecular weight is 276 g/mol. The molecule has 0 aliphatic carbocycles. The van der Waals surface area contributed by atoms with Crippen molar-refractivity contribution >= 4 is 23.1 Å². The van der Waals surface area contributed by atoms with Crippen LogP contribution in [0.2, 0.25) is 0 Å². The van der Waals surface area contributed by atoms with Crippen LogP contribution in [0.1, 0.15) is 19.4 Å². The van der Waals surface area contributed by atoms with Gasteiger partial charge in [-0.3, -0.25) is 9.59 Å². The zero-order chi connectivity index (χ0) is 14.9. The maximum Gasteiger partial charge on any atom is 0.259 e. The number of amides is 2. The number of nitrogens with one attached hydrogen (secondary N) is 1. The monoisotopic (exact) mass is 276 g/mol. The molecule has 1 aromatic carbocycles. The van der Waals surface area contributed by atoms with Gasteiger partial charge in [-0.15, -0.1) is 0 Å². The molecule has 1 N–H and O–H groups in total. The number of nitrogens with zero attached hydrogens (tertiary/aromatic N) is 1. The largest absolute Gasteiger partial charge is 0.356 e. The van der Waals surface area contributed by atoms with Crippen LogP contribution < -0.4 is 10.2 Å². The summed E-state index contributed by atoms with van der Waals surface area (Å²) in [5.74, 6) is -0.958. The molecule has 0 unspecified atom stereocenters. The van der Waals surface area contributed by atoms with Crippen LogP contribution in [0.5, 0.6) is 0 Å². The fourth-order valence-corrected chi connectivity index (χ4v) is 2.25. The van der Waals surface area contributed by atoms with Gasteiger partial charge in [0.15, 0.2) is 0 Å². The molecule has 2 rings (SSSR count). The predicted molar refractivity (Wildman–Crippen MR) is 75.6 cm³/mol. The SMILES string of the molecule is CNC(=O)/C=C1/C(=O)N(CC(C)C)c2c(F)cccc21. The third-order valence-corrected chi connectivity index (χ3v) is 3.09. The van der Waals surface area contributed by atoms with Crippen molar-refractivity contribution in [3.63, 3.8) is 0 Å². The van der Waals surface area contributed by atoms with Gasteiger partial charge in [0, 0.05) is 25.2 Å². The zero-order valence-corrected chi connectivity index (χ0v) is 11.7. The van der Waals surface area contributed by atoms with Gasteiger partial charge >= 0.3 is 0 Å². The smallest absolute Gasteiger partial charge is 0.259 e. The van der Waals surface area contributed by atoms with Gasteiger partial charge in [0.2, 0.25) is 5.91 Å². The van der Waals surface area contributed by atoms with Crippen LogP contribution in [0.4, 0.5) is 10.1 Å². The number of fused-ring (bicyclic) bond motifs is 1. The first-order valence-electron chi connectivity index (χ1n) is 6.49. The Kier molecular flexibility index (Phi) is 3.88. The van der Waals surface area contributed by atoms with E-state index in [0.717, 1.165) is 0 Å². The Morgan fingerprint density at radius 3 is 2.75 bits per heavy atom. The third kappa shape index (κ3) is 2.43. The first-order chi connectivity index (χ1) is 9.45. The highest BCUT2D eigenvalue weighted by Crippen LogP contribution is 2.38. The van der Waals surface area contributed by atoms with E-state index < -0.39 is 5.82 Å². The van der Waals surface area contributed by atoms with E-state index in [1.807, 2.05) is 13.8 Å². The van der Waals surface area contributed by atoms with Gasteiger partial charge in [-0.05, 0) is 12.0 Å². The van der Waals surface area contributed by atoms with Crippen molar-refractivity contribution in [1.82, 2.24) is 5.32 Å². The van der Waals surface area contributed by atoms with Gasteiger partial charge < -0.3 is 10.2 Å². The number of carbonyl (C=O) groups is 2. The number of halogens is 1.